The Kier molecular flexibility index (Phi) is 8.29. The van der Waals surface area contributed by atoms with Crippen molar-refractivity contribution in [3.8, 4) is 0 Å². The van der Waals surface area contributed by atoms with Crippen LogP contribution in [-0.2, 0) is 13.9 Å². The molecular formula is C23H47NO5Si. The SMILES string of the molecule is C[C@H]([C@H](O[Si](C)(C)C(C)(C)C)[C@H](C)CO)[C@@H]1OC(C)(C)N(C(=O)OC(C)(C)C)[C@@H]1C. The van der Waals surface area contributed by atoms with Crippen LogP contribution < -0.4 is 0 Å². The Morgan fingerprint density at radius 3 is 2.07 bits per heavy atom. The number of aliphatic hydroxyl groups is 1. The normalized spacial score (nSPS) is 25.7. The van der Waals surface area contributed by atoms with Gasteiger partial charge in [0.2, 0.25) is 0 Å². The maximum Gasteiger partial charge on any atom is 0.412 e. The summed E-state index contributed by atoms with van der Waals surface area (Å²) in [5.41, 5.74) is -1.36. The molecule has 6 nitrogen and oxygen atoms in total. The number of nitrogens with zero attached hydrogens (tertiary/aromatic N) is 1. The Morgan fingerprint density at radius 2 is 1.67 bits per heavy atom. The maximum atomic E-state index is 12.9. The van der Waals surface area contributed by atoms with Gasteiger partial charge < -0.3 is 19.0 Å². The highest BCUT2D eigenvalue weighted by Gasteiger charge is 2.53. The molecular weight excluding hydrogens is 398 g/mol. The van der Waals surface area contributed by atoms with Crippen LogP contribution in [0.15, 0.2) is 0 Å². The molecule has 0 saturated carbocycles. The lowest BCUT2D eigenvalue weighted by atomic mass is 9.87. The minimum Gasteiger partial charge on any atom is -0.444 e. The molecule has 0 aromatic heterocycles. The summed E-state index contributed by atoms with van der Waals surface area (Å²) in [7, 11) is -2.06. The molecule has 1 amide bonds. The first-order valence-electron chi connectivity index (χ1n) is 11.2. The average Bonchev–Trinajstić information content (AvgIpc) is 2.77. The van der Waals surface area contributed by atoms with E-state index in [9.17, 15) is 9.90 Å². The molecule has 30 heavy (non-hydrogen) atoms. The van der Waals surface area contributed by atoms with Crippen molar-refractivity contribution in [2.45, 2.75) is 124 Å². The monoisotopic (exact) mass is 445 g/mol. The van der Waals surface area contributed by atoms with E-state index in [-0.39, 0.29) is 47.8 Å². The fraction of sp³-hybridized carbons (Fsp3) is 0.957. The standard InChI is InChI=1S/C23H47NO5Si/c1-15(14-25)18(29-30(12,13)22(7,8)9)16(2)19-17(3)24(23(10,11)27-19)20(26)28-21(4,5)6/h15-19,25H,14H2,1-13H3/t15-,16-,17-,18-,19+/m1/s1. The van der Waals surface area contributed by atoms with Crippen molar-refractivity contribution in [2.75, 3.05) is 6.61 Å². The van der Waals surface area contributed by atoms with E-state index >= 15 is 0 Å². The van der Waals surface area contributed by atoms with Gasteiger partial charge in [-0.2, -0.15) is 0 Å². The van der Waals surface area contributed by atoms with Crippen molar-refractivity contribution in [3.05, 3.63) is 0 Å². The second-order valence-electron chi connectivity index (χ2n) is 12.0. The lowest BCUT2D eigenvalue weighted by Gasteiger charge is -2.44. The summed E-state index contributed by atoms with van der Waals surface area (Å²) < 4.78 is 18.9. The fourth-order valence-corrected chi connectivity index (χ4v) is 5.40. The summed E-state index contributed by atoms with van der Waals surface area (Å²) in [6.07, 6.45) is -0.763. The smallest absolute Gasteiger partial charge is 0.412 e. The van der Waals surface area contributed by atoms with Gasteiger partial charge in [0.1, 0.15) is 11.3 Å². The van der Waals surface area contributed by atoms with Crippen LogP contribution in [0.25, 0.3) is 0 Å². The predicted molar refractivity (Wildman–Crippen MR) is 124 cm³/mol. The molecule has 7 heteroatoms. The van der Waals surface area contributed by atoms with Crippen LogP contribution in [0.2, 0.25) is 18.1 Å². The van der Waals surface area contributed by atoms with Crippen molar-refractivity contribution in [2.24, 2.45) is 11.8 Å². The average molecular weight is 446 g/mol. The van der Waals surface area contributed by atoms with Crippen LogP contribution in [0.5, 0.6) is 0 Å². The number of ether oxygens (including phenoxy) is 2. The van der Waals surface area contributed by atoms with Gasteiger partial charge in [-0.1, -0.05) is 34.6 Å². The van der Waals surface area contributed by atoms with Gasteiger partial charge in [0.15, 0.2) is 8.32 Å². The topological polar surface area (TPSA) is 68.2 Å². The number of carbonyl (C=O) groups is 1. The largest absolute Gasteiger partial charge is 0.444 e. The zero-order valence-electron chi connectivity index (χ0n) is 21.6. The first-order chi connectivity index (χ1) is 13.2. The molecule has 1 saturated heterocycles. The first kappa shape index (κ1) is 27.4. The van der Waals surface area contributed by atoms with Crippen LogP contribution in [0, 0.1) is 11.8 Å². The molecule has 1 fully saturated rings. The Balaban J connectivity index is 3.19. The molecule has 0 radical (unpaired) electrons. The summed E-state index contributed by atoms with van der Waals surface area (Å²) in [6, 6.07) is -0.179. The summed E-state index contributed by atoms with van der Waals surface area (Å²) in [6.45, 7) is 26.7. The lowest BCUT2D eigenvalue weighted by Crippen LogP contribution is -2.52. The van der Waals surface area contributed by atoms with E-state index in [2.05, 4.69) is 40.8 Å². The van der Waals surface area contributed by atoms with Crippen LogP contribution in [0.1, 0.15) is 76.2 Å². The predicted octanol–water partition coefficient (Wildman–Crippen LogP) is 5.40. The van der Waals surface area contributed by atoms with Crippen LogP contribution in [-0.4, -0.2) is 60.6 Å². The molecule has 0 aromatic carbocycles. The van der Waals surface area contributed by atoms with E-state index in [0.29, 0.717) is 0 Å². The van der Waals surface area contributed by atoms with Crippen molar-refractivity contribution < 1.29 is 23.8 Å². The quantitative estimate of drug-likeness (QED) is 0.554. The van der Waals surface area contributed by atoms with Gasteiger partial charge in [-0.05, 0) is 59.7 Å². The van der Waals surface area contributed by atoms with E-state index in [0.717, 1.165) is 0 Å². The highest BCUT2D eigenvalue weighted by atomic mass is 28.4. The highest BCUT2D eigenvalue weighted by molar-refractivity contribution is 6.74. The summed E-state index contributed by atoms with van der Waals surface area (Å²) >= 11 is 0. The van der Waals surface area contributed by atoms with Crippen LogP contribution in [0.3, 0.4) is 0 Å². The van der Waals surface area contributed by atoms with Gasteiger partial charge in [-0.25, -0.2) is 4.79 Å². The second kappa shape index (κ2) is 9.08. The molecule has 0 aromatic rings. The van der Waals surface area contributed by atoms with Crippen LogP contribution in [0.4, 0.5) is 4.79 Å². The molecule has 0 bridgehead atoms. The molecule has 178 valence electrons. The molecule has 0 spiro atoms. The molecule has 0 unspecified atom stereocenters. The van der Waals surface area contributed by atoms with Crippen molar-refractivity contribution in [3.63, 3.8) is 0 Å². The molecule has 1 aliphatic rings. The van der Waals surface area contributed by atoms with Crippen molar-refractivity contribution in [1.82, 2.24) is 4.90 Å². The van der Waals surface area contributed by atoms with Gasteiger partial charge >= 0.3 is 6.09 Å². The number of hydrogen-bond acceptors (Lipinski definition) is 5. The summed E-state index contributed by atoms with van der Waals surface area (Å²) in [5, 5.41) is 10.0. The highest BCUT2D eigenvalue weighted by Crippen LogP contribution is 2.42. The van der Waals surface area contributed by atoms with Crippen molar-refractivity contribution >= 4 is 14.4 Å². The van der Waals surface area contributed by atoms with E-state index in [4.69, 9.17) is 13.9 Å². The number of amides is 1. The minimum atomic E-state index is -2.06. The minimum absolute atomic E-state index is 0.0111. The molecule has 1 N–H and O–H groups in total. The Labute approximate surface area is 185 Å². The van der Waals surface area contributed by atoms with E-state index < -0.39 is 19.6 Å². The first-order valence-corrected chi connectivity index (χ1v) is 14.1. The summed E-state index contributed by atoms with van der Waals surface area (Å²) in [4.78, 5) is 14.6. The second-order valence-corrected chi connectivity index (χ2v) is 16.7. The Hall–Kier alpha value is -0.633. The number of aliphatic hydroxyl groups excluding tert-OH is 1. The number of rotatable bonds is 6. The van der Waals surface area contributed by atoms with E-state index in [1.807, 2.05) is 48.5 Å². The number of carbonyl (C=O) groups excluding carboxylic acids is 1. The molecule has 1 aliphatic heterocycles. The third kappa shape index (κ3) is 6.21. The Morgan fingerprint density at radius 1 is 1.17 bits per heavy atom. The summed E-state index contributed by atoms with van der Waals surface area (Å²) in [5.74, 6) is -0.0494. The zero-order chi connectivity index (χ0) is 23.9. The fourth-order valence-electron chi connectivity index (χ4n) is 3.92. The van der Waals surface area contributed by atoms with E-state index in [1.165, 1.54) is 0 Å². The van der Waals surface area contributed by atoms with Gasteiger partial charge in [0, 0.05) is 18.4 Å². The molecule has 5 atom stereocenters. The van der Waals surface area contributed by atoms with Crippen molar-refractivity contribution in [1.29, 1.82) is 0 Å². The van der Waals surface area contributed by atoms with Gasteiger partial charge in [0.05, 0.1) is 18.2 Å². The molecule has 0 aliphatic carbocycles. The zero-order valence-corrected chi connectivity index (χ0v) is 22.6. The van der Waals surface area contributed by atoms with Gasteiger partial charge in [-0.3, -0.25) is 4.90 Å². The third-order valence-corrected chi connectivity index (χ3v) is 11.1. The van der Waals surface area contributed by atoms with E-state index in [1.54, 1.807) is 4.90 Å². The molecule has 1 rings (SSSR count). The third-order valence-electron chi connectivity index (χ3n) is 6.60. The number of hydrogen-bond donors (Lipinski definition) is 1. The maximum absolute atomic E-state index is 12.9. The Bertz CT molecular complexity index is 593. The lowest BCUT2D eigenvalue weighted by molar-refractivity contribution is -0.103. The van der Waals surface area contributed by atoms with Crippen LogP contribution >= 0.6 is 0 Å². The van der Waals surface area contributed by atoms with Gasteiger partial charge in [0.25, 0.3) is 0 Å². The van der Waals surface area contributed by atoms with Gasteiger partial charge in [-0.15, -0.1) is 0 Å². The molecule has 1 heterocycles.